The van der Waals surface area contributed by atoms with Gasteiger partial charge in [0.25, 0.3) is 0 Å². The van der Waals surface area contributed by atoms with Crippen molar-refractivity contribution in [2.45, 2.75) is 12.2 Å². The monoisotopic (exact) mass is 271 g/mol. The number of nitrogens with one attached hydrogen (secondary N) is 1. The summed E-state index contributed by atoms with van der Waals surface area (Å²) in [5, 5.41) is 1.38. The topological polar surface area (TPSA) is 79.4 Å². The fraction of sp³-hybridized carbons (Fsp3) is 0.455. The third-order valence-corrected chi connectivity index (χ3v) is 4.03. The highest BCUT2D eigenvalue weighted by atomic mass is 32.2. The molecule has 0 radical (unpaired) electrons. The Bertz CT molecular complexity index is 523. The molecule has 1 aromatic heterocycles. The summed E-state index contributed by atoms with van der Waals surface area (Å²) in [6.45, 7) is 1.35. The van der Waals surface area contributed by atoms with Gasteiger partial charge in [-0.15, -0.1) is 0 Å². The summed E-state index contributed by atoms with van der Waals surface area (Å²) in [6.07, 6.45) is 2.63. The maximum atomic E-state index is 11.6. The first-order chi connectivity index (χ1) is 8.21. The zero-order valence-corrected chi connectivity index (χ0v) is 11.7. The zero-order chi connectivity index (χ0) is 13.9. The molecule has 0 spiro atoms. The Morgan fingerprint density at radius 2 is 2.00 bits per heavy atom. The van der Waals surface area contributed by atoms with Crippen LogP contribution >= 0.6 is 0 Å². The zero-order valence-electron chi connectivity index (χ0n) is 10.8. The Balaban J connectivity index is 2.77. The van der Waals surface area contributed by atoms with E-state index in [2.05, 4.69) is 10.3 Å². The molecule has 0 aromatic carbocycles. The molecular weight excluding hydrogens is 254 g/mol. The van der Waals surface area contributed by atoms with Crippen molar-refractivity contribution in [1.29, 1.82) is 0 Å². The molecule has 18 heavy (non-hydrogen) atoms. The van der Waals surface area contributed by atoms with Crippen LogP contribution in [-0.4, -0.2) is 44.9 Å². The van der Waals surface area contributed by atoms with E-state index in [9.17, 15) is 13.2 Å². The summed E-state index contributed by atoms with van der Waals surface area (Å²) in [5.74, 6) is -0.247. The molecule has 0 saturated carbocycles. The van der Waals surface area contributed by atoms with Crippen LogP contribution in [0, 0.1) is 0 Å². The van der Waals surface area contributed by atoms with Crippen molar-refractivity contribution >= 4 is 27.2 Å². The summed E-state index contributed by atoms with van der Waals surface area (Å²) < 4.78 is 22.4. The van der Waals surface area contributed by atoms with Crippen molar-refractivity contribution in [2.75, 3.05) is 30.6 Å². The molecule has 1 heterocycles. The van der Waals surface area contributed by atoms with Crippen molar-refractivity contribution in [3.63, 3.8) is 0 Å². The van der Waals surface area contributed by atoms with E-state index in [4.69, 9.17) is 0 Å². The summed E-state index contributed by atoms with van der Waals surface area (Å²) in [5.41, 5.74) is 0.893. The summed E-state index contributed by atoms with van der Waals surface area (Å²) >= 11 is 0. The predicted octanol–water partition coefficient (Wildman–Crippen LogP) is 0.519. The second kappa shape index (κ2) is 5.34. The number of carbonyl (C=O) groups is 1. The molecule has 1 N–H and O–H groups in total. The molecule has 1 aromatic rings. The van der Waals surface area contributed by atoms with Crippen LogP contribution in [0.5, 0.6) is 0 Å². The Kier molecular flexibility index (Phi) is 4.28. The van der Waals surface area contributed by atoms with Crippen molar-refractivity contribution in [3.05, 3.63) is 18.3 Å². The van der Waals surface area contributed by atoms with Crippen molar-refractivity contribution in [3.8, 4) is 0 Å². The van der Waals surface area contributed by atoms with Crippen molar-refractivity contribution < 1.29 is 13.2 Å². The van der Waals surface area contributed by atoms with Crippen LogP contribution in [0.3, 0.4) is 0 Å². The highest BCUT2D eigenvalue weighted by molar-refractivity contribution is 7.92. The second-order valence-corrected chi connectivity index (χ2v) is 6.62. The lowest BCUT2D eigenvalue weighted by atomic mass is 10.3. The predicted molar refractivity (Wildman–Crippen MR) is 71.5 cm³/mol. The molecule has 0 aliphatic rings. The maximum Gasteiger partial charge on any atom is 0.243 e. The Hall–Kier alpha value is -1.63. The van der Waals surface area contributed by atoms with Crippen LogP contribution in [0.15, 0.2) is 18.3 Å². The molecule has 6 nitrogen and oxygen atoms in total. The van der Waals surface area contributed by atoms with Gasteiger partial charge in [-0.3, -0.25) is 4.79 Å². The van der Waals surface area contributed by atoms with Gasteiger partial charge in [0.1, 0.15) is 11.1 Å². The number of amides is 1. The lowest BCUT2D eigenvalue weighted by Gasteiger charge is -2.13. The van der Waals surface area contributed by atoms with Gasteiger partial charge in [0, 0.05) is 20.4 Å². The SMILES string of the molecule is C[C@H](C(=O)Nc1ccc(N(C)C)cn1)S(C)(=O)=O. The standard InChI is InChI=1S/C11H17N3O3S/c1-8(18(4,16)17)11(15)13-10-6-5-9(7-12-10)14(2)3/h5-8H,1-4H3,(H,12,13,15)/t8-/m1/s1. The third-order valence-electron chi connectivity index (χ3n) is 2.53. The largest absolute Gasteiger partial charge is 0.376 e. The first kappa shape index (κ1) is 14.4. The van der Waals surface area contributed by atoms with Crippen LogP contribution in [0.2, 0.25) is 0 Å². The third kappa shape index (κ3) is 3.69. The van der Waals surface area contributed by atoms with Gasteiger partial charge in [-0.2, -0.15) is 0 Å². The normalized spacial score (nSPS) is 12.9. The smallest absolute Gasteiger partial charge is 0.243 e. The number of anilines is 2. The fourth-order valence-corrected chi connectivity index (χ4v) is 1.59. The van der Waals surface area contributed by atoms with Gasteiger partial charge < -0.3 is 10.2 Å². The number of pyridine rings is 1. The van der Waals surface area contributed by atoms with Gasteiger partial charge >= 0.3 is 0 Å². The molecule has 0 saturated heterocycles. The number of hydrogen-bond acceptors (Lipinski definition) is 5. The molecule has 0 fully saturated rings. The minimum absolute atomic E-state index is 0.334. The quantitative estimate of drug-likeness (QED) is 0.863. The summed E-state index contributed by atoms with van der Waals surface area (Å²) in [4.78, 5) is 17.5. The van der Waals surface area contributed by atoms with E-state index in [0.717, 1.165) is 11.9 Å². The minimum Gasteiger partial charge on any atom is -0.376 e. The van der Waals surface area contributed by atoms with Gasteiger partial charge in [0.05, 0.1) is 11.9 Å². The molecule has 0 bridgehead atoms. The number of aromatic nitrogens is 1. The Labute approximate surface area is 107 Å². The molecule has 0 aliphatic carbocycles. The average molecular weight is 271 g/mol. The molecule has 0 aliphatic heterocycles. The molecule has 7 heteroatoms. The van der Waals surface area contributed by atoms with Gasteiger partial charge in [-0.25, -0.2) is 13.4 Å². The lowest BCUT2D eigenvalue weighted by Crippen LogP contribution is -2.32. The lowest BCUT2D eigenvalue weighted by molar-refractivity contribution is -0.115. The van der Waals surface area contributed by atoms with Crippen molar-refractivity contribution in [1.82, 2.24) is 4.98 Å². The fourth-order valence-electron chi connectivity index (χ4n) is 1.15. The van der Waals surface area contributed by atoms with Gasteiger partial charge in [0.15, 0.2) is 9.84 Å². The molecule has 1 rings (SSSR count). The highest BCUT2D eigenvalue weighted by Gasteiger charge is 2.23. The van der Waals surface area contributed by atoms with E-state index < -0.39 is 21.0 Å². The summed E-state index contributed by atoms with van der Waals surface area (Å²) in [7, 11) is 0.360. The summed E-state index contributed by atoms with van der Waals surface area (Å²) in [6, 6.07) is 3.41. The van der Waals surface area contributed by atoms with E-state index in [-0.39, 0.29) is 0 Å². The van der Waals surface area contributed by atoms with Crippen LogP contribution in [0.25, 0.3) is 0 Å². The first-order valence-corrected chi connectivity index (χ1v) is 7.30. The van der Waals surface area contributed by atoms with E-state index in [1.165, 1.54) is 6.92 Å². The van der Waals surface area contributed by atoms with Crippen LogP contribution in [-0.2, 0) is 14.6 Å². The Morgan fingerprint density at radius 1 is 1.39 bits per heavy atom. The maximum absolute atomic E-state index is 11.6. The van der Waals surface area contributed by atoms with Crippen LogP contribution in [0.4, 0.5) is 11.5 Å². The second-order valence-electron chi connectivity index (χ2n) is 4.26. The van der Waals surface area contributed by atoms with Gasteiger partial charge in [0.2, 0.25) is 5.91 Å². The number of sulfone groups is 1. The van der Waals surface area contributed by atoms with Gasteiger partial charge in [-0.1, -0.05) is 0 Å². The first-order valence-electron chi connectivity index (χ1n) is 5.35. The highest BCUT2D eigenvalue weighted by Crippen LogP contribution is 2.12. The molecular formula is C11H17N3O3S. The molecule has 0 unspecified atom stereocenters. The van der Waals surface area contributed by atoms with E-state index in [1.807, 2.05) is 19.0 Å². The number of carbonyl (C=O) groups excluding carboxylic acids is 1. The van der Waals surface area contributed by atoms with E-state index in [0.29, 0.717) is 5.82 Å². The van der Waals surface area contributed by atoms with E-state index in [1.54, 1.807) is 18.3 Å². The average Bonchev–Trinajstić information content (AvgIpc) is 2.27. The van der Waals surface area contributed by atoms with Crippen LogP contribution in [0.1, 0.15) is 6.92 Å². The molecule has 100 valence electrons. The Morgan fingerprint density at radius 3 is 2.39 bits per heavy atom. The van der Waals surface area contributed by atoms with Gasteiger partial charge in [-0.05, 0) is 19.1 Å². The molecule has 1 amide bonds. The van der Waals surface area contributed by atoms with Crippen molar-refractivity contribution in [2.24, 2.45) is 0 Å². The van der Waals surface area contributed by atoms with Crippen LogP contribution < -0.4 is 10.2 Å². The number of hydrogen-bond donors (Lipinski definition) is 1. The minimum atomic E-state index is -3.39. The number of rotatable bonds is 4. The molecule has 1 atom stereocenters. The van der Waals surface area contributed by atoms with E-state index >= 15 is 0 Å². The number of nitrogens with zero attached hydrogens (tertiary/aromatic N) is 2.